The maximum Gasteiger partial charge on any atom is 0.255 e. The fourth-order valence-corrected chi connectivity index (χ4v) is 1.64. The van der Waals surface area contributed by atoms with E-state index in [1.807, 2.05) is 13.0 Å². The van der Waals surface area contributed by atoms with Crippen molar-refractivity contribution < 1.29 is 9.53 Å². The van der Waals surface area contributed by atoms with Crippen molar-refractivity contribution in [2.75, 3.05) is 13.2 Å². The van der Waals surface area contributed by atoms with Gasteiger partial charge in [-0.25, -0.2) is 0 Å². The lowest BCUT2D eigenvalue weighted by Crippen LogP contribution is -2.24. The van der Waals surface area contributed by atoms with Gasteiger partial charge in [-0.15, -0.1) is 6.58 Å². The molecule has 0 aliphatic heterocycles. The first kappa shape index (κ1) is 13.8. The quantitative estimate of drug-likeness (QED) is 0.819. The molecule has 0 aliphatic rings. The molecule has 3 nitrogen and oxygen atoms in total. The van der Waals surface area contributed by atoms with Gasteiger partial charge >= 0.3 is 0 Å². The Bertz CT molecular complexity index is 404. The van der Waals surface area contributed by atoms with Crippen molar-refractivity contribution in [2.45, 2.75) is 13.3 Å². The van der Waals surface area contributed by atoms with Crippen molar-refractivity contribution in [3.8, 4) is 5.75 Å². The largest absolute Gasteiger partial charge is 0.493 e. The summed E-state index contributed by atoms with van der Waals surface area (Å²) in [6, 6.07) is 5.40. The molecule has 0 unspecified atom stereocenters. The molecule has 0 aliphatic carbocycles. The second-order valence-corrected chi connectivity index (χ2v) is 4.40. The third-order valence-electron chi connectivity index (χ3n) is 2.05. The first-order valence-corrected chi connectivity index (χ1v) is 6.29. The van der Waals surface area contributed by atoms with E-state index >= 15 is 0 Å². The minimum absolute atomic E-state index is 0.155. The van der Waals surface area contributed by atoms with Crippen LogP contribution in [0.1, 0.15) is 23.7 Å². The first-order valence-electron chi connectivity index (χ1n) is 5.50. The summed E-state index contributed by atoms with van der Waals surface area (Å²) in [5.74, 6) is 0.453. The number of carbonyl (C=O) groups is 1. The van der Waals surface area contributed by atoms with E-state index in [9.17, 15) is 4.79 Å². The average molecular weight is 298 g/mol. The van der Waals surface area contributed by atoms with Gasteiger partial charge in [-0.2, -0.15) is 0 Å². The van der Waals surface area contributed by atoms with Crippen LogP contribution < -0.4 is 10.1 Å². The Morgan fingerprint density at radius 2 is 2.35 bits per heavy atom. The van der Waals surface area contributed by atoms with Crippen LogP contribution in [0.4, 0.5) is 0 Å². The molecule has 0 fully saturated rings. The van der Waals surface area contributed by atoms with Crippen LogP contribution in [0, 0.1) is 0 Å². The number of benzene rings is 1. The number of nitrogens with one attached hydrogen (secondary N) is 1. The van der Waals surface area contributed by atoms with Gasteiger partial charge in [0.05, 0.1) is 12.2 Å². The molecule has 1 rings (SSSR count). The number of ether oxygens (including phenoxy) is 1. The van der Waals surface area contributed by atoms with Gasteiger partial charge in [0.2, 0.25) is 0 Å². The second kappa shape index (κ2) is 7.12. The average Bonchev–Trinajstić information content (AvgIpc) is 2.34. The lowest BCUT2D eigenvalue weighted by molar-refractivity contribution is 0.0954. The van der Waals surface area contributed by atoms with Crippen molar-refractivity contribution in [3.63, 3.8) is 0 Å². The highest BCUT2D eigenvalue weighted by Crippen LogP contribution is 2.23. The topological polar surface area (TPSA) is 38.3 Å². The fourth-order valence-electron chi connectivity index (χ4n) is 1.28. The molecule has 1 N–H and O–H groups in total. The molecule has 0 aromatic heterocycles. The summed E-state index contributed by atoms with van der Waals surface area (Å²) >= 11 is 3.35. The van der Waals surface area contributed by atoms with Gasteiger partial charge in [0, 0.05) is 11.0 Å². The smallest absolute Gasteiger partial charge is 0.255 e. The monoisotopic (exact) mass is 297 g/mol. The number of rotatable bonds is 6. The molecule has 1 aromatic rings. The summed E-state index contributed by atoms with van der Waals surface area (Å²) in [6.07, 6.45) is 2.55. The molecule has 1 amide bonds. The summed E-state index contributed by atoms with van der Waals surface area (Å²) in [6.45, 7) is 6.63. The Kier molecular flexibility index (Phi) is 5.77. The van der Waals surface area contributed by atoms with Gasteiger partial charge in [0.25, 0.3) is 5.91 Å². The van der Waals surface area contributed by atoms with Gasteiger partial charge in [0.15, 0.2) is 0 Å². The molecule has 0 radical (unpaired) electrons. The van der Waals surface area contributed by atoms with Crippen molar-refractivity contribution in [3.05, 3.63) is 40.9 Å². The normalized spacial score (nSPS) is 9.76. The molecule has 0 atom stereocenters. The standard InChI is InChI=1S/C13H16BrNO2/c1-3-7-15-13(16)11-9-10(14)5-6-12(11)17-8-4-2/h3,5-6,9H,1,4,7-8H2,2H3,(H,15,16). The number of halogens is 1. The van der Waals surface area contributed by atoms with Crippen molar-refractivity contribution in [2.24, 2.45) is 0 Å². The predicted molar refractivity (Wildman–Crippen MR) is 72.5 cm³/mol. The molecule has 4 heteroatoms. The van der Waals surface area contributed by atoms with E-state index in [2.05, 4.69) is 27.8 Å². The Balaban J connectivity index is 2.89. The zero-order valence-electron chi connectivity index (χ0n) is 9.83. The van der Waals surface area contributed by atoms with E-state index in [0.29, 0.717) is 24.5 Å². The van der Waals surface area contributed by atoms with Crippen molar-refractivity contribution >= 4 is 21.8 Å². The Labute approximate surface area is 110 Å². The third-order valence-corrected chi connectivity index (χ3v) is 2.55. The summed E-state index contributed by atoms with van der Waals surface area (Å²) in [4.78, 5) is 11.9. The van der Waals surface area contributed by atoms with Crippen molar-refractivity contribution in [1.29, 1.82) is 0 Å². The predicted octanol–water partition coefficient (Wildman–Crippen LogP) is 3.15. The van der Waals surface area contributed by atoms with Gasteiger partial charge in [-0.3, -0.25) is 4.79 Å². The second-order valence-electron chi connectivity index (χ2n) is 3.49. The summed E-state index contributed by atoms with van der Waals surface area (Å²) in [5, 5.41) is 2.73. The zero-order valence-corrected chi connectivity index (χ0v) is 11.4. The summed E-state index contributed by atoms with van der Waals surface area (Å²) in [5.41, 5.74) is 0.537. The molecule has 0 bridgehead atoms. The third kappa shape index (κ3) is 4.23. The zero-order chi connectivity index (χ0) is 12.7. The Morgan fingerprint density at radius 3 is 3.00 bits per heavy atom. The van der Waals surface area contributed by atoms with E-state index < -0.39 is 0 Å². The molecule has 0 heterocycles. The number of hydrogen-bond donors (Lipinski definition) is 1. The van der Waals surface area contributed by atoms with Crippen LogP contribution in [0.2, 0.25) is 0 Å². The molecule has 17 heavy (non-hydrogen) atoms. The number of hydrogen-bond acceptors (Lipinski definition) is 2. The molecular weight excluding hydrogens is 282 g/mol. The van der Waals surface area contributed by atoms with Gasteiger partial charge in [-0.05, 0) is 24.6 Å². The maximum absolute atomic E-state index is 11.9. The Hall–Kier alpha value is -1.29. The lowest BCUT2D eigenvalue weighted by Gasteiger charge is -2.11. The molecule has 1 aromatic carbocycles. The van der Waals surface area contributed by atoms with E-state index in [1.165, 1.54) is 0 Å². The van der Waals surface area contributed by atoms with E-state index in [1.54, 1.807) is 18.2 Å². The van der Waals surface area contributed by atoms with Crippen LogP contribution in [0.5, 0.6) is 5.75 Å². The Morgan fingerprint density at radius 1 is 1.59 bits per heavy atom. The fraction of sp³-hybridized carbons (Fsp3) is 0.308. The minimum Gasteiger partial charge on any atom is -0.493 e. The highest BCUT2D eigenvalue weighted by atomic mass is 79.9. The maximum atomic E-state index is 11.9. The number of carbonyl (C=O) groups excluding carboxylic acids is 1. The molecular formula is C13H16BrNO2. The van der Waals surface area contributed by atoms with Crippen LogP contribution in [-0.4, -0.2) is 19.1 Å². The van der Waals surface area contributed by atoms with Gasteiger partial charge < -0.3 is 10.1 Å². The van der Waals surface area contributed by atoms with Crippen molar-refractivity contribution in [1.82, 2.24) is 5.32 Å². The molecule has 0 saturated carbocycles. The minimum atomic E-state index is -0.155. The highest BCUT2D eigenvalue weighted by molar-refractivity contribution is 9.10. The van der Waals surface area contributed by atoms with Crippen LogP contribution in [0.25, 0.3) is 0 Å². The van der Waals surface area contributed by atoms with E-state index in [-0.39, 0.29) is 5.91 Å². The van der Waals surface area contributed by atoms with Gasteiger partial charge in [0.1, 0.15) is 5.75 Å². The van der Waals surface area contributed by atoms with Gasteiger partial charge in [-0.1, -0.05) is 28.9 Å². The van der Waals surface area contributed by atoms with E-state index in [4.69, 9.17) is 4.74 Å². The van der Waals surface area contributed by atoms with E-state index in [0.717, 1.165) is 10.9 Å². The first-order chi connectivity index (χ1) is 8.19. The van der Waals surface area contributed by atoms with Crippen LogP contribution in [0.3, 0.4) is 0 Å². The molecule has 0 saturated heterocycles. The SMILES string of the molecule is C=CCNC(=O)c1cc(Br)ccc1OCCC. The highest BCUT2D eigenvalue weighted by Gasteiger charge is 2.12. The summed E-state index contributed by atoms with van der Waals surface area (Å²) < 4.78 is 6.39. The van der Waals surface area contributed by atoms with Crippen LogP contribution in [0.15, 0.2) is 35.3 Å². The van der Waals surface area contributed by atoms with Crippen LogP contribution in [-0.2, 0) is 0 Å². The van der Waals surface area contributed by atoms with Crippen LogP contribution >= 0.6 is 15.9 Å². The lowest BCUT2D eigenvalue weighted by atomic mass is 10.2. The number of amides is 1. The molecule has 92 valence electrons. The summed E-state index contributed by atoms with van der Waals surface area (Å²) in [7, 11) is 0. The molecule has 0 spiro atoms.